The molecule has 0 amide bonds. The van der Waals surface area contributed by atoms with Crippen molar-refractivity contribution in [3.63, 3.8) is 0 Å². The van der Waals surface area contributed by atoms with Crippen LogP contribution in [-0.4, -0.2) is 23.6 Å². The van der Waals surface area contributed by atoms with Crippen LogP contribution in [0.4, 0.5) is 19.0 Å². The van der Waals surface area contributed by atoms with Crippen LogP contribution in [0, 0.1) is 0 Å². The van der Waals surface area contributed by atoms with Gasteiger partial charge < -0.3 is 14.6 Å². The van der Waals surface area contributed by atoms with Gasteiger partial charge in [0.1, 0.15) is 5.75 Å². The molecule has 0 spiro atoms. The summed E-state index contributed by atoms with van der Waals surface area (Å²) in [5, 5.41) is 12.1. The second-order valence-electron chi connectivity index (χ2n) is 8.61. The van der Waals surface area contributed by atoms with Crippen LogP contribution in [0.25, 0.3) is 10.8 Å². The lowest BCUT2D eigenvalue weighted by Crippen LogP contribution is -2.18. The lowest BCUT2D eigenvalue weighted by atomic mass is 9.99. The molecule has 36 heavy (non-hydrogen) atoms. The number of fused-ring (bicyclic) bond motifs is 1. The Morgan fingerprint density at radius 3 is 2.22 bits per heavy atom. The first-order valence-corrected chi connectivity index (χ1v) is 11.9. The van der Waals surface area contributed by atoms with Crippen molar-refractivity contribution in [2.24, 2.45) is 0 Å². The first-order valence-electron chi connectivity index (χ1n) is 11.1. The van der Waals surface area contributed by atoms with Crippen molar-refractivity contribution in [3.8, 4) is 11.5 Å². The van der Waals surface area contributed by atoms with Gasteiger partial charge in [-0.15, -0.1) is 13.2 Å². The largest absolute Gasteiger partial charge is 0.573 e. The van der Waals surface area contributed by atoms with Crippen molar-refractivity contribution in [2.45, 2.75) is 37.3 Å². The second-order valence-corrected chi connectivity index (χ2v) is 9.70. The summed E-state index contributed by atoms with van der Waals surface area (Å²) < 4.78 is 49.3. The molecule has 0 atom stereocenters. The van der Waals surface area contributed by atoms with Crippen molar-refractivity contribution in [2.75, 3.05) is 11.4 Å². The molecule has 3 aromatic carbocycles. The molecule has 4 aromatic rings. The number of hydrogen-bond donors (Lipinski definition) is 1. The highest BCUT2D eigenvalue weighted by Crippen LogP contribution is 2.40. The Bertz CT molecular complexity index is 1320. The lowest BCUT2D eigenvalue weighted by molar-refractivity contribution is -0.274. The van der Waals surface area contributed by atoms with Crippen molar-refractivity contribution in [3.05, 3.63) is 90.1 Å². The average molecular weight is 515 g/mol. The number of aliphatic hydroxyl groups is 1. The van der Waals surface area contributed by atoms with Gasteiger partial charge in [0.2, 0.25) is 0 Å². The number of nitrogens with zero attached hydrogens (tertiary/aromatic N) is 2. The molecule has 0 aliphatic rings. The number of aromatic nitrogens is 1. The smallest absolute Gasteiger partial charge is 0.492 e. The standard InChI is InChI=1S/C27H25F3N2O3S/c1-26(2,33)20-10-14-22(15-11-20)36-32(17-18-8-12-21(13-9-18)35-27(28,29)30)25-24(34-3)23-7-5-4-6-19(23)16-31-25/h4-16,33H,17H2,1-3H3. The third-order valence-electron chi connectivity index (χ3n) is 5.43. The highest BCUT2D eigenvalue weighted by Gasteiger charge is 2.31. The molecule has 5 nitrogen and oxygen atoms in total. The van der Waals surface area contributed by atoms with E-state index in [-0.39, 0.29) is 5.75 Å². The van der Waals surface area contributed by atoms with E-state index in [1.54, 1.807) is 39.3 Å². The Hall–Kier alpha value is -3.43. The SMILES string of the molecule is COc1c(N(Cc2ccc(OC(F)(F)F)cc2)Sc2ccc(C(C)(C)O)cc2)ncc2ccccc12. The lowest BCUT2D eigenvalue weighted by Gasteiger charge is -2.25. The molecule has 0 bridgehead atoms. The topological polar surface area (TPSA) is 54.8 Å². The highest BCUT2D eigenvalue weighted by atomic mass is 32.2. The average Bonchev–Trinajstić information content (AvgIpc) is 2.83. The molecule has 1 heterocycles. The number of benzene rings is 3. The molecule has 0 aliphatic carbocycles. The van der Waals surface area contributed by atoms with Gasteiger partial charge in [-0.3, -0.25) is 4.31 Å². The van der Waals surface area contributed by atoms with E-state index < -0.39 is 12.0 Å². The van der Waals surface area contributed by atoms with E-state index in [1.165, 1.54) is 24.1 Å². The first kappa shape index (κ1) is 25.7. The zero-order chi connectivity index (χ0) is 25.9. The molecule has 0 radical (unpaired) electrons. The van der Waals surface area contributed by atoms with Gasteiger partial charge in [0.15, 0.2) is 11.6 Å². The summed E-state index contributed by atoms with van der Waals surface area (Å²) in [6.07, 6.45) is -2.99. The molecule has 1 N–H and O–H groups in total. The Kier molecular flexibility index (Phi) is 7.33. The monoisotopic (exact) mass is 514 g/mol. The number of rotatable bonds is 8. The number of halogens is 3. The molecule has 0 fully saturated rings. The summed E-state index contributed by atoms with van der Waals surface area (Å²) in [6, 6.07) is 21.0. The van der Waals surface area contributed by atoms with Crippen molar-refractivity contribution in [1.29, 1.82) is 0 Å². The van der Waals surface area contributed by atoms with Gasteiger partial charge in [-0.1, -0.05) is 48.5 Å². The normalized spacial score (nSPS) is 12.0. The van der Waals surface area contributed by atoms with E-state index in [0.29, 0.717) is 18.1 Å². The Labute approximate surface area is 211 Å². The maximum Gasteiger partial charge on any atom is 0.573 e. The molecule has 9 heteroatoms. The quantitative estimate of drug-likeness (QED) is 0.254. The third-order valence-corrected chi connectivity index (χ3v) is 6.44. The fourth-order valence-electron chi connectivity index (χ4n) is 3.67. The summed E-state index contributed by atoms with van der Waals surface area (Å²) in [7, 11) is 1.58. The maximum absolute atomic E-state index is 12.6. The maximum atomic E-state index is 12.6. The van der Waals surface area contributed by atoms with Gasteiger partial charge in [0.05, 0.1) is 19.3 Å². The molecule has 0 unspecified atom stereocenters. The van der Waals surface area contributed by atoms with Crippen LogP contribution in [-0.2, 0) is 12.1 Å². The summed E-state index contributed by atoms with van der Waals surface area (Å²) in [5.41, 5.74) is 0.564. The molecule has 4 rings (SSSR count). The minimum Gasteiger partial charge on any atom is -0.492 e. The Morgan fingerprint density at radius 1 is 0.944 bits per heavy atom. The second kappa shape index (κ2) is 10.3. The van der Waals surface area contributed by atoms with Gasteiger partial charge in [-0.25, -0.2) is 4.98 Å². The molecule has 0 aliphatic heterocycles. The molecular formula is C27H25F3N2O3S. The van der Waals surface area contributed by atoms with E-state index in [2.05, 4.69) is 9.72 Å². The summed E-state index contributed by atoms with van der Waals surface area (Å²) in [6.45, 7) is 3.76. The van der Waals surface area contributed by atoms with E-state index in [4.69, 9.17) is 4.74 Å². The number of anilines is 1. The van der Waals surface area contributed by atoms with Gasteiger partial charge in [-0.2, -0.15) is 0 Å². The van der Waals surface area contributed by atoms with Crippen LogP contribution in [0.3, 0.4) is 0 Å². The Balaban J connectivity index is 1.69. The van der Waals surface area contributed by atoms with Crippen molar-refractivity contribution < 1.29 is 27.8 Å². The first-order chi connectivity index (χ1) is 17.0. The van der Waals surface area contributed by atoms with E-state index in [9.17, 15) is 18.3 Å². The molecule has 0 saturated carbocycles. The fraction of sp³-hybridized carbons (Fsp3) is 0.222. The third kappa shape index (κ3) is 6.22. The summed E-state index contributed by atoms with van der Waals surface area (Å²) >= 11 is 1.41. The van der Waals surface area contributed by atoms with Gasteiger partial charge in [0, 0.05) is 21.9 Å². The molecular weight excluding hydrogens is 489 g/mol. The zero-order valence-electron chi connectivity index (χ0n) is 19.9. The van der Waals surface area contributed by atoms with Crippen LogP contribution < -0.4 is 13.8 Å². The predicted molar refractivity (Wildman–Crippen MR) is 135 cm³/mol. The number of methoxy groups -OCH3 is 1. The minimum absolute atomic E-state index is 0.283. The van der Waals surface area contributed by atoms with Gasteiger partial charge in [-0.05, 0) is 61.2 Å². The van der Waals surface area contributed by atoms with Gasteiger partial charge >= 0.3 is 6.36 Å². The molecule has 1 aromatic heterocycles. The van der Waals surface area contributed by atoms with E-state index in [1.807, 2.05) is 52.8 Å². The van der Waals surface area contributed by atoms with Crippen LogP contribution >= 0.6 is 11.9 Å². The summed E-state index contributed by atoms with van der Waals surface area (Å²) in [4.78, 5) is 5.55. The van der Waals surface area contributed by atoms with Gasteiger partial charge in [0.25, 0.3) is 0 Å². The minimum atomic E-state index is -4.75. The van der Waals surface area contributed by atoms with Crippen LogP contribution in [0.15, 0.2) is 83.9 Å². The highest BCUT2D eigenvalue weighted by molar-refractivity contribution is 8.00. The number of hydrogen-bond acceptors (Lipinski definition) is 6. The van der Waals surface area contributed by atoms with Crippen LogP contribution in [0.5, 0.6) is 11.5 Å². The number of alkyl halides is 3. The van der Waals surface area contributed by atoms with Crippen molar-refractivity contribution in [1.82, 2.24) is 4.98 Å². The van der Waals surface area contributed by atoms with E-state index in [0.717, 1.165) is 26.8 Å². The molecule has 0 saturated heterocycles. The molecule has 188 valence electrons. The number of pyridine rings is 1. The van der Waals surface area contributed by atoms with E-state index >= 15 is 0 Å². The Morgan fingerprint density at radius 2 is 1.61 bits per heavy atom. The summed E-state index contributed by atoms with van der Waals surface area (Å²) in [5.74, 6) is 0.878. The predicted octanol–water partition coefficient (Wildman–Crippen LogP) is 7.08. The number of ether oxygens (including phenoxy) is 2. The fourth-order valence-corrected chi connectivity index (χ4v) is 4.61. The zero-order valence-corrected chi connectivity index (χ0v) is 20.7. The van der Waals surface area contributed by atoms with Crippen LogP contribution in [0.2, 0.25) is 0 Å². The van der Waals surface area contributed by atoms with Crippen molar-refractivity contribution >= 4 is 28.5 Å². The van der Waals surface area contributed by atoms with Crippen LogP contribution in [0.1, 0.15) is 25.0 Å².